The molecule has 2 fully saturated rings. The Labute approximate surface area is 134 Å². The van der Waals surface area contributed by atoms with E-state index in [1.807, 2.05) is 36.2 Å². The molecule has 0 saturated carbocycles. The van der Waals surface area contributed by atoms with Gasteiger partial charge in [0.2, 0.25) is 5.91 Å². The average molecular weight is 313 g/mol. The van der Waals surface area contributed by atoms with Crippen LogP contribution in [0.3, 0.4) is 0 Å². The van der Waals surface area contributed by atoms with E-state index in [0.29, 0.717) is 18.7 Å². The zero-order chi connectivity index (χ0) is 16.4. The van der Waals surface area contributed by atoms with E-state index in [9.17, 15) is 14.4 Å². The number of fused-ring (bicyclic) bond motifs is 1. The Bertz CT molecular complexity index is 732. The van der Waals surface area contributed by atoms with E-state index in [-0.39, 0.29) is 24.1 Å². The lowest BCUT2D eigenvalue weighted by molar-refractivity contribution is -0.174. The smallest absolute Gasteiger partial charge is 0.256 e. The molecule has 4 rings (SSSR count). The van der Waals surface area contributed by atoms with Gasteiger partial charge in [-0.15, -0.1) is 0 Å². The molecule has 1 aromatic carbocycles. The number of amides is 3. The number of hydrazine groups is 1. The summed E-state index contributed by atoms with van der Waals surface area (Å²) in [6, 6.07) is 7.45. The molecule has 6 nitrogen and oxygen atoms in total. The van der Waals surface area contributed by atoms with Crippen LogP contribution in [0.2, 0.25) is 0 Å². The predicted molar refractivity (Wildman–Crippen MR) is 81.8 cm³/mol. The van der Waals surface area contributed by atoms with E-state index in [4.69, 9.17) is 0 Å². The number of benzene rings is 1. The highest BCUT2D eigenvalue weighted by Crippen LogP contribution is 2.53. The van der Waals surface area contributed by atoms with Gasteiger partial charge in [0.25, 0.3) is 11.8 Å². The summed E-state index contributed by atoms with van der Waals surface area (Å²) in [7, 11) is 0. The summed E-state index contributed by atoms with van der Waals surface area (Å²) in [6.45, 7) is 4.78. The maximum absolute atomic E-state index is 12.9. The molecule has 0 N–H and O–H groups in total. The first-order valence-corrected chi connectivity index (χ1v) is 8.11. The number of imide groups is 1. The van der Waals surface area contributed by atoms with E-state index in [1.54, 1.807) is 11.8 Å². The Morgan fingerprint density at radius 2 is 2.00 bits per heavy atom. The average Bonchev–Trinajstić information content (AvgIpc) is 2.98. The molecular formula is C17H19N3O3. The second-order valence-corrected chi connectivity index (χ2v) is 6.32. The molecule has 6 heteroatoms. The summed E-state index contributed by atoms with van der Waals surface area (Å²) in [5.74, 6) is -0.938. The maximum atomic E-state index is 12.9. The fraction of sp³-hybridized carbons (Fsp3) is 0.471. The molecular weight excluding hydrogens is 294 g/mol. The lowest BCUT2D eigenvalue weighted by atomic mass is 9.86. The van der Waals surface area contributed by atoms with Crippen LogP contribution >= 0.6 is 0 Å². The van der Waals surface area contributed by atoms with Crippen LogP contribution in [-0.4, -0.2) is 45.7 Å². The maximum Gasteiger partial charge on any atom is 0.256 e. The van der Waals surface area contributed by atoms with Crippen LogP contribution in [-0.2, 0) is 15.3 Å². The Kier molecular flexibility index (Phi) is 2.90. The number of nitrogens with zero attached hydrogens (tertiary/aromatic N) is 3. The Morgan fingerprint density at radius 3 is 2.74 bits per heavy atom. The van der Waals surface area contributed by atoms with Crippen molar-refractivity contribution < 1.29 is 14.4 Å². The third kappa shape index (κ3) is 1.49. The van der Waals surface area contributed by atoms with Gasteiger partial charge in [-0.05, 0) is 19.4 Å². The van der Waals surface area contributed by atoms with E-state index in [1.165, 1.54) is 5.01 Å². The fourth-order valence-corrected chi connectivity index (χ4v) is 4.36. The van der Waals surface area contributed by atoms with Gasteiger partial charge in [0, 0.05) is 30.6 Å². The first-order chi connectivity index (χ1) is 11.0. The minimum atomic E-state index is -0.839. The van der Waals surface area contributed by atoms with Crippen molar-refractivity contribution in [3.8, 4) is 0 Å². The molecule has 0 bridgehead atoms. The van der Waals surface area contributed by atoms with Gasteiger partial charge >= 0.3 is 0 Å². The molecule has 3 aliphatic heterocycles. The Balaban J connectivity index is 1.97. The first-order valence-electron chi connectivity index (χ1n) is 8.11. The third-order valence-electron chi connectivity index (χ3n) is 5.32. The van der Waals surface area contributed by atoms with Crippen LogP contribution in [0, 0.1) is 5.92 Å². The Hall–Kier alpha value is -2.21. The number of hydrogen-bond acceptors (Lipinski definition) is 4. The fourth-order valence-electron chi connectivity index (χ4n) is 4.36. The third-order valence-corrected chi connectivity index (χ3v) is 5.32. The summed E-state index contributed by atoms with van der Waals surface area (Å²) in [4.78, 5) is 39.9. The van der Waals surface area contributed by atoms with Crippen LogP contribution in [0.25, 0.3) is 0 Å². The summed E-state index contributed by atoms with van der Waals surface area (Å²) in [5, 5.41) is 3.12. The van der Waals surface area contributed by atoms with Gasteiger partial charge in [0.1, 0.15) is 0 Å². The molecule has 0 radical (unpaired) electrons. The summed E-state index contributed by atoms with van der Waals surface area (Å²) >= 11 is 0. The molecule has 0 unspecified atom stereocenters. The largest absolute Gasteiger partial charge is 0.314 e. The predicted octanol–water partition coefficient (Wildman–Crippen LogP) is 1.33. The molecule has 23 heavy (non-hydrogen) atoms. The van der Waals surface area contributed by atoms with E-state index < -0.39 is 11.6 Å². The van der Waals surface area contributed by atoms with Gasteiger partial charge in [0.05, 0.1) is 5.92 Å². The lowest BCUT2D eigenvalue weighted by Gasteiger charge is -2.48. The van der Waals surface area contributed by atoms with Crippen LogP contribution in [0.15, 0.2) is 24.3 Å². The van der Waals surface area contributed by atoms with Gasteiger partial charge in [-0.25, -0.2) is 5.01 Å². The van der Waals surface area contributed by atoms with Crippen molar-refractivity contribution in [3.05, 3.63) is 35.4 Å². The highest BCUT2D eigenvalue weighted by Gasteiger charge is 2.67. The lowest BCUT2D eigenvalue weighted by Crippen LogP contribution is -2.62. The molecule has 3 aliphatic rings. The molecule has 3 amide bonds. The van der Waals surface area contributed by atoms with E-state index in [2.05, 4.69) is 0 Å². The minimum absolute atomic E-state index is 0.0456. The molecule has 2 saturated heterocycles. The van der Waals surface area contributed by atoms with Gasteiger partial charge in [0.15, 0.2) is 5.66 Å². The van der Waals surface area contributed by atoms with Crippen molar-refractivity contribution in [2.75, 3.05) is 13.1 Å². The normalized spacial score (nSPS) is 29.6. The van der Waals surface area contributed by atoms with Gasteiger partial charge in [-0.3, -0.25) is 14.4 Å². The Morgan fingerprint density at radius 1 is 1.26 bits per heavy atom. The number of hydrogen-bond donors (Lipinski definition) is 0. The van der Waals surface area contributed by atoms with Gasteiger partial charge in [-0.2, -0.15) is 5.01 Å². The van der Waals surface area contributed by atoms with Crippen LogP contribution < -0.4 is 0 Å². The molecule has 1 spiro atoms. The van der Waals surface area contributed by atoms with E-state index >= 15 is 0 Å². The molecule has 0 aliphatic carbocycles. The van der Waals surface area contributed by atoms with Crippen molar-refractivity contribution >= 4 is 17.7 Å². The minimum Gasteiger partial charge on any atom is -0.314 e. The van der Waals surface area contributed by atoms with Gasteiger partial charge in [-0.1, -0.05) is 25.1 Å². The monoisotopic (exact) mass is 313 g/mol. The summed E-state index contributed by atoms with van der Waals surface area (Å²) in [6.07, 6.45) is 1.01. The quantitative estimate of drug-likeness (QED) is 0.785. The number of carbonyl (C=O) groups is 3. The summed E-state index contributed by atoms with van der Waals surface area (Å²) in [5.41, 5.74) is 0.648. The highest BCUT2D eigenvalue weighted by atomic mass is 16.2. The van der Waals surface area contributed by atoms with Crippen molar-refractivity contribution in [1.29, 1.82) is 0 Å². The molecule has 1 aromatic rings. The zero-order valence-electron chi connectivity index (χ0n) is 13.3. The van der Waals surface area contributed by atoms with Crippen LogP contribution in [0.5, 0.6) is 0 Å². The second-order valence-electron chi connectivity index (χ2n) is 6.32. The number of rotatable bonds is 1. The molecule has 3 heterocycles. The molecule has 2 atom stereocenters. The highest BCUT2D eigenvalue weighted by molar-refractivity contribution is 6.04. The van der Waals surface area contributed by atoms with Crippen molar-refractivity contribution in [3.63, 3.8) is 0 Å². The second kappa shape index (κ2) is 4.64. The molecule has 120 valence electrons. The van der Waals surface area contributed by atoms with Crippen LogP contribution in [0.4, 0.5) is 0 Å². The first kappa shape index (κ1) is 14.4. The van der Waals surface area contributed by atoms with Gasteiger partial charge < -0.3 is 4.90 Å². The summed E-state index contributed by atoms with van der Waals surface area (Å²) < 4.78 is 0. The van der Waals surface area contributed by atoms with Crippen molar-refractivity contribution in [1.82, 2.24) is 14.9 Å². The van der Waals surface area contributed by atoms with E-state index in [0.717, 1.165) is 12.0 Å². The topological polar surface area (TPSA) is 60.9 Å². The molecule has 0 aromatic heterocycles. The standard InChI is InChI=1S/C17H19N3O3/c1-3-14(21)20-15(22)11(2)17-13-8-5-4-7-12(13)16(23)18(17)9-6-10-19(17)20/h4-5,7-8,11H,3,6,9-10H2,1-2H3/t11-,17-/m0/s1. The SMILES string of the molecule is CCC(=O)N1C(=O)[C@H](C)[C@]23c4ccccc4C(=O)N2CCCN13. The van der Waals surface area contributed by atoms with Crippen molar-refractivity contribution in [2.24, 2.45) is 5.92 Å². The van der Waals surface area contributed by atoms with Crippen LogP contribution in [0.1, 0.15) is 42.6 Å². The zero-order valence-corrected chi connectivity index (χ0v) is 13.3. The van der Waals surface area contributed by atoms with Crippen molar-refractivity contribution in [2.45, 2.75) is 32.4 Å². The number of carbonyl (C=O) groups excluding carboxylic acids is 3.